The number of hydrogen-bond acceptors (Lipinski definition) is 5. The molecule has 0 aliphatic carbocycles. The maximum absolute atomic E-state index is 12.9. The van der Waals surface area contributed by atoms with Crippen LogP contribution in [0.15, 0.2) is 113 Å². The van der Waals surface area contributed by atoms with Crippen molar-refractivity contribution < 1.29 is 19.1 Å². The summed E-state index contributed by atoms with van der Waals surface area (Å²) in [6, 6.07) is 30.5. The molecule has 0 aliphatic rings. The van der Waals surface area contributed by atoms with Gasteiger partial charge in [0.1, 0.15) is 18.1 Å². The molecule has 0 aromatic heterocycles. The third kappa shape index (κ3) is 6.65. The van der Waals surface area contributed by atoms with Gasteiger partial charge in [-0.1, -0.05) is 76.6 Å². The largest absolute Gasteiger partial charge is 0.488 e. The maximum Gasteiger partial charge on any atom is 0.343 e. The molecule has 7 heteroatoms. The first kappa shape index (κ1) is 23.9. The second-order valence-electron chi connectivity index (χ2n) is 7.41. The monoisotopic (exact) mass is 528 g/mol. The summed E-state index contributed by atoms with van der Waals surface area (Å²) < 4.78 is 12.1. The lowest BCUT2D eigenvalue weighted by molar-refractivity contribution is 0.0734. The summed E-state index contributed by atoms with van der Waals surface area (Å²) in [6.07, 6.45) is 1.42. The molecule has 0 atom stereocenters. The molecule has 0 heterocycles. The van der Waals surface area contributed by atoms with Crippen LogP contribution in [0.5, 0.6) is 11.5 Å². The van der Waals surface area contributed by atoms with Gasteiger partial charge in [-0.25, -0.2) is 10.2 Å². The Hall–Kier alpha value is -4.23. The standard InChI is InChI=1S/C28H21BrN2O4/c29-23-15-16-26(34-19-20-9-3-1-4-10-20)24(17-23)27(32)31-30-18-22-13-7-8-14-25(22)35-28(33)21-11-5-2-6-12-21/h1-18H,19H2,(H,31,32). The quantitative estimate of drug-likeness (QED) is 0.131. The molecular formula is C28H21BrN2O4. The van der Waals surface area contributed by atoms with E-state index in [1.807, 2.05) is 36.4 Å². The van der Waals surface area contributed by atoms with E-state index in [2.05, 4.69) is 26.5 Å². The van der Waals surface area contributed by atoms with Crippen LogP contribution in [-0.2, 0) is 6.61 Å². The van der Waals surface area contributed by atoms with E-state index >= 15 is 0 Å². The number of para-hydroxylation sites is 1. The topological polar surface area (TPSA) is 77.0 Å². The first-order valence-corrected chi connectivity index (χ1v) is 11.6. The van der Waals surface area contributed by atoms with Crippen LogP contribution < -0.4 is 14.9 Å². The summed E-state index contributed by atoms with van der Waals surface area (Å²) in [6.45, 7) is 0.326. The molecule has 1 N–H and O–H groups in total. The van der Waals surface area contributed by atoms with Gasteiger partial charge in [0, 0.05) is 10.0 Å². The zero-order valence-electron chi connectivity index (χ0n) is 18.6. The first-order chi connectivity index (χ1) is 17.1. The fourth-order valence-corrected chi connectivity index (χ4v) is 3.54. The van der Waals surface area contributed by atoms with E-state index in [0.717, 1.165) is 10.0 Å². The van der Waals surface area contributed by atoms with Crippen LogP contribution in [0.4, 0.5) is 0 Å². The molecule has 0 fully saturated rings. The second-order valence-corrected chi connectivity index (χ2v) is 8.32. The highest BCUT2D eigenvalue weighted by Crippen LogP contribution is 2.24. The average molecular weight is 529 g/mol. The summed E-state index contributed by atoms with van der Waals surface area (Å²) in [5.41, 5.74) is 4.80. The molecule has 1 amide bonds. The van der Waals surface area contributed by atoms with Crippen molar-refractivity contribution in [2.24, 2.45) is 5.10 Å². The van der Waals surface area contributed by atoms with E-state index in [1.54, 1.807) is 66.7 Å². The minimum atomic E-state index is -0.482. The van der Waals surface area contributed by atoms with Crippen molar-refractivity contribution >= 4 is 34.0 Å². The molecule has 0 radical (unpaired) electrons. The van der Waals surface area contributed by atoms with E-state index in [1.165, 1.54) is 6.21 Å². The Kier molecular flexibility index (Phi) is 8.04. The van der Waals surface area contributed by atoms with Gasteiger partial charge < -0.3 is 9.47 Å². The molecule has 6 nitrogen and oxygen atoms in total. The molecule has 4 aromatic carbocycles. The van der Waals surface area contributed by atoms with Gasteiger partial charge in [-0.15, -0.1) is 0 Å². The van der Waals surface area contributed by atoms with Crippen LogP contribution in [0.1, 0.15) is 31.8 Å². The molecule has 0 unspecified atom stereocenters. The lowest BCUT2D eigenvalue weighted by atomic mass is 10.2. The van der Waals surface area contributed by atoms with Gasteiger partial charge in [-0.05, 0) is 48.0 Å². The van der Waals surface area contributed by atoms with E-state index in [-0.39, 0.29) is 0 Å². The van der Waals surface area contributed by atoms with Gasteiger partial charge in [0.05, 0.1) is 17.3 Å². The number of nitrogens with zero attached hydrogens (tertiary/aromatic N) is 1. The van der Waals surface area contributed by atoms with Crippen molar-refractivity contribution in [1.82, 2.24) is 5.43 Å². The van der Waals surface area contributed by atoms with Gasteiger partial charge in [-0.2, -0.15) is 5.10 Å². The highest BCUT2D eigenvalue weighted by molar-refractivity contribution is 9.10. The van der Waals surface area contributed by atoms with Crippen molar-refractivity contribution in [2.75, 3.05) is 0 Å². The predicted molar refractivity (Wildman–Crippen MR) is 138 cm³/mol. The third-order valence-corrected chi connectivity index (χ3v) is 5.42. The average Bonchev–Trinajstić information content (AvgIpc) is 2.90. The molecule has 4 rings (SSSR count). The zero-order chi connectivity index (χ0) is 24.5. The molecule has 0 bridgehead atoms. The van der Waals surface area contributed by atoms with Gasteiger partial charge in [0.2, 0.25) is 0 Å². The van der Waals surface area contributed by atoms with Crippen LogP contribution in [0.3, 0.4) is 0 Å². The minimum absolute atomic E-state index is 0.326. The van der Waals surface area contributed by atoms with Crippen LogP contribution in [-0.4, -0.2) is 18.1 Å². The number of benzene rings is 4. The number of carbonyl (C=O) groups excluding carboxylic acids is 2. The molecule has 35 heavy (non-hydrogen) atoms. The van der Waals surface area contributed by atoms with Gasteiger partial charge >= 0.3 is 5.97 Å². The van der Waals surface area contributed by atoms with Crippen molar-refractivity contribution in [3.63, 3.8) is 0 Å². The number of halogens is 1. The van der Waals surface area contributed by atoms with Crippen LogP contribution in [0.2, 0.25) is 0 Å². The predicted octanol–water partition coefficient (Wildman–Crippen LogP) is 6.01. The third-order valence-electron chi connectivity index (χ3n) is 4.92. The normalized spacial score (nSPS) is 10.7. The van der Waals surface area contributed by atoms with Crippen molar-refractivity contribution in [3.8, 4) is 11.5 Å². The highest BCUT2D eigenvalue weighted by atomic mass is 79.9. The molecule has 0 aliphatic heterocycles. The Morgan fingerprint density at radius 2 is 1.51 bits per heavy atom. The number of ether oxygens (including phenoxy) is 2. The summed E-state index contributed by atoms with van der Waals surface area (Å²) in [7, 11) is 0. The Bertz CT molecular complexity index is 1340. The first-order valence-electron chi connectivity index (χ1n) is 10.8. The van der Waals surface area contributed by atoms with E-state index in [9.17, 15) is 9.59 Å². The number of rotatable bonds is 8. The Morgan fingerprint density at radius 3 is 2.29 bits per heavy atom. The van der Waals surface area contributed by atoms with Crippen LogP contribution in [0, 0.1) is 0 Å². The van der Waals surface area contributed by atoms with Crippen LogP contribution in [0.25, 0.3) is 0 Å². The molecular weight excluding hydrogens is 508 g/mol. The van der Waals surface area contributed by atoms with Gasteiger partial charge in [-0.3, -0.25) is 4.79 Å². The van der Waals surface area contributed by atoms with Crippen molar-refractivity contribution in [3.05, 3.63) is 130 Å². The number of hydrogen-bond donors (Lipinski definition) is 1. The van der Waals surface area contributed by atoms with Gasteiger partial charge in [0.15, 0.2) is 0 Å². The SMILES string of the molecule is O=C(Oc1ccccc1C=NNC(=O)c1cc(Br)ccc1OCc1ccccc1)c1ccccc1. The zero-order valence-corrected chi connectivity index (χ0v) is 20.1. The van der Waals surface area contributed by atoms with E-state index < -0.39 is 11.9 Å². The number of nitrogens with one attached hydrogen (secondary N) is 1. The lowest BCUT2D eigenvalue weighted by Crippen LogP contribution is -2.19. The summed E-state index contributed by atoms with van der Waals surface area (Å²) >= 11 is 3.39. The van der Waals surface area contributed by atoms with Gasteiger partial charge in [0.25, 0.3) is 5.91 Å². The smallest absolute Gasteiger partial charge is 0.343 e. The molecule has 0 spiro atoms. The minimum Gasteiger partial charge on any atom is -0.488 e. The van der Waals surface area contributed by atoms with E-state index in [4.69, 9.17) is 9.47 Å². The fourth-order valence-electron chi connectivity index (χ4n) is 3.17. The van der Waals surface area contributed by atoms with Crippen LogP contribution >= 0.6 is 15.9 Å². The summed E-state index contributed by atoms with van der Waals surface area (Å²) in [5.74, 6) is -0.162. The van der Waals surface area contributed by atoms with Crippen molar-refractivity contribution in [2.45, 2.75) is 6.61 Å². The Morgan fingerprint density at radius 1 is 0.829 bits per heavy atom. The molecule has 0 saturated carbocycles. The number of amides is 1. The van der Waals surface area contributed by atoms with Crippen molar-refractivity contribution in [1.29, 1.82) is 0 Å². The number of esters is 1. The van der Waals surface area contributed by atoms with E-state index in [0.29, 0.717) is 34.8 Å². The number of hydrazone groups is 1. The fraction of sp³-hybridized carbons (Fsp3) is 0.0357. The second kappa shape index (κ2) is 11.8. The Balaban J connectivity index is 1.44. The summed E-state index contributed by atoms with van der Waals surface area (Å²) in [5, 5.41) is 4.06. The summed E-state index contributed by atoms with van der Waals surface area (Å²) in [4.78, 5) is 25.3. The Labute approximate surface area is 211 Å². The highest BCUT2D eigenvalue weighted by Gasteiger charge is 2.14. The molecule has 174 valence electrons. The lowest BCUT2D eigenvalue weighted by Gasteiger charge is -2.11. The maximum atomic E-state index is 12.9. The molecule has 0 saturated heterocycles. The number of carbonyl (C=O) groups is 2. The molecule has 4 aromatic rings.